The molecule has 2 aromatic rings. The van der Waals surface area contributed by atoms with Crippen LogP contribution in [-0.2, 0) is 14.3 Å². The minimum absolute atomic E-state index is 0.0660. The lowest BCUT2D eigenvalue weighted by molar-refractivity contribution is -0.140. The molecule has 1 fully saturated rings. The third kappa shape index (κ3) is 3.99. The number of rotatable bonds is 7. The second-order valence-electron chi connectivity index (χ2n) is 6.75. The number of phenolic OH excluding ortho intramolecular Hbond substituents is 1. The van der Waals surface area contributed by atoms with E-state index in [2.05, 4.69) is 0 Å². The summed E-state index contributed by atoms with van der Waals surface area (Å²) in [6.45, 7) is 0.642. The summed E-state index contributed by atoms with van der Waals surface area (Å²) in [4.78, 5) is 27.1. The molecule has 1 unspecified atom stereocenters. The van der Waals surface area contributed by atoms with Crippen LogP contribution < -0.4 is 4.74 Å². The normalized spacial score (nSPS) is 18.1. The highest BCUT2D eigenvalue weighted by Crippen LogP contribution is 2.42. The Labute approximate surface area is 179 Å². The van der Waals surface area contributed by atoms with Crippen LogP contribution in [0.4, 0.5) is 0 Å². The molecule has 0 spiro atoms. The van der Waals surface area contributed by atoms with E-state index in [0.29, 0.717) is 29.9 Å². The van der Waals surface area contributed by atoms with Crippen molar-refractivity contribution in [3.63, 3.8) is 0 Å². The van der Waals surface area contributed by atoms with Crippen molar-refractivity contribution in [3.8, 4) is 11.5 Å². The number of amides is 1. The lowest BCUT2D eigenvalue weighted by Gasteiger charge is -2.25. The average Bonchev–Trinajstić information content (AvgIpc) is 3.00. The van der Waals surface area contributed by atoms with Crippen LogP contribution in [0.25, 0.3) is 5.76 Å². The van der Waals surface area contributed by atoms with E-state index in [4.69, 9.17) is 21.1 Å². The number of nitrogens with zero attached hydrogens (tertiary/aromatic N) is 1. The van der Waals surface area contributed by atoms with Gasteiger partial charge in [-0.2, -0.15) is 0 Å². The molecule has 1 heterocycles. The number of phenols is 1. The summed E-state index contributed by atoms with van der Waals surface area (Å²) in [5.74, 6) is -1.62. The molecule has 0 bridgehead atoms. The van der Waals surface area contributed by atoms with Gasteiger partial charge in [0.1, 0.15) is 17.3 Å². The summed E-state index contributed by atoms with van der Waals surface area (Å²) in [6.07, 6.45) is 0.501. The maximum absolute atomic E-state index is 12.9. The first-order valence-corrected chi connectivity index (χ1v) is 9.67. The molecule has 1 amide bonds. The van der Waals surface area contributed by atoms with Crippen LogP contribution >= 0.6 is 11.6 Å². The van der Waals surface area contributed by atoms with Crippen LogP contribution in [0.5, 0.6) is 11.5 Å². The summed E-state index contributed by atoms with van der Waals surface area (Å²) >= 11 is 6.07. The Morgan fingerprint density at radius 2 is 1.90 bits per heavy atom. The van der Waals surface area contributed by atoms with Gasteiger partial charge < -0.3 is 24.6 Å². The van der Waals surface area contributed by atoms with Crippen LogP contribution in [-0.4, -0.2) is 54.2 Å². The Balaban J connectivity index is 2.18. The van der Waals surface area contributed by atoms with Crippen molar-refractivity contribution in [2.75, 3.05) is 27.4 Å². The molecule has 2 aromatic carbocycles. The first-order chi connectivity index (χ1) is 14.4. The lowest BCUT2D eigenvalue weighted by Crippen LogP contribution is -2.31. The molecule has 1 saturated heterocycles. The number of Topliss-reactive ketones (excluding diaryl/α,β-unsaturated/α-hetero) is 1. The Morgan fingerprint density at radius 1 is 1.17 bits per heavy atom. The van der Waals surface area contributed by atoms with Crippen molar-refractivity contribution >= 4 is 29.1 Å². The van der Waals surface area contributed by atoms with E-state index in [9.17, 15) is 19.8 Å². The Bertz CT molecular complexity index is 1000. The van der Waals surface area contributed by atoms with Crippen molar-refractivity contribution < 1.29 is 29.3 Å². The quantitative estimate of drug-likeness (QED) is 0.301. The molecule has 8 heteroatoms. The number of aliphatic hydroxyl groups excluding tert-OH is 1. The Kier molecular flexibility index (Phi) is 6.64. The predicted molar refractivity (Wildman–Crippen MR) is 112 cm³/mol. The molecular weight excluding hydrogens is 410 g/mol. The molecule has 0 aromatic heterocycles. The maximum Gasteiger partial charge on any atom is 0.295 e. The molecule has 1 atom stereocenters. The van der Waals surface area contributed by atoms with E-state index in [1.54, 1.807) is 37.4 Å². The van der Waals surface area contributed by atoms with Crippen LogP contribution in [0.3, 0.4) is 0 Å². The SMILES string of the molecule is COCCCN1C(=O)C(=O)/C(=C(\O)c2ccccc2OC)C1c1ccc(O)c(Cl)c1. The highest BCUT2D eigenvalue weighted by atomic mass is 35.5. The molecule has 1 aliphatic rings. The van der Waals surface area contributed by atoms with E-state index >= 15 is 0 Å². The Morgan fingerprint density at radius 3 is 2.57 bits per heavy atom. The minimum atomic E-state index is -0.870. The van der Waals surface area contributed by atoms with Crippen molar-refractivity contribution in [1.82, 2.24) is 4.90 Å². The van der Waals surface area contributed by atoms with Crippen LogP contribution in [0.15, 0.2) is 48.0 Å². The highest BCUT2D eigenvalue weighted by Gasteiger charge is 2.46. The largest absolute Gasteiger partial charge is 0.507 e. The van der Waals surface area contributed by atoms with Crippen LogP contribution in [0, 0.1) is 0 Å². The van der Waals surface area contributed by atoms with Gasteiger partial charge in [0.05, 0.1) is 29.3 Å². The summed E-state index contributed by atoms with van der Waals surface area (Å²) < 4.78 is 10.4. The molecule has 2 N–H and O–H groups in total. The number of ether oxygens (including phenoxy) is 2. The van der Waals surface area contributed by atoms with E-state index in [-0.39, 0.29) is 28.6 Å². The van der Waals surface area contributed by atoms with Crippen LogP contribution in [0.1, 0.15) is 23.6 Å². The number of methoxy groups -OCH3 is 2. The smallest absolute Gasteiger partial charge is 0.295 e. The summed E-state index contributed by atoms with van der Waals surface area (Å²) in [7, 11) is 3.00. The second-order valence-corrected chi connectivity index (χ2v) is 7.16. The molecule has 7 nitrogen and oxygen atoms in total. The first kappa shape index (κ1) is 21.7. The van der Waals surface area contributed by atoms with Crippen molar-refractivity contribution in [2.45, 2.75) is 12.5 Å². The molecule has 1 aliphatic heterocycles. The minimum Gasteiger partial charge on any atom is -0.507 e. The summed E-state index contributed by atoms with van der Waals surface area (Å²) in [5.41, 5.74) is 0.722. The fraction of sp³-hybridized carbons (Fsp3) is 0.273. The van der Waals surface area contributed by atoms with E-state index in [1.165, 1.54) is 24.1 Å². The number of carbonyl (C=O) groups excluding carboxylic acids is 2. The monoisotopic (exact) mass is 431 g/mol. The van der Waals surface area contributed by atoms with Gasteiger partial charge in [0, 0.05) is 20.3 Å². The maximum atomic E-state index is 12.9. The van der Waals surface area contributed by atoms with E-state index in [1.807, 2.05) is 0 Å². The number of hydrogen-bond donors (Lipinski definition) is 2. The fourth-order valence-electron chi connectivity index (χ4n) is 3.52. The zero-order valence-corrected chi connectivity index (χ0v) is 17.3. The highest BCUT2D eigenvalue weighted by molar-refractivity contribution is 6.46. The van der Waals surface area contributed by atoms with Gasteiger partial charge in [-0.25, -0.2) is 0 Å². The zero-order chi connectivity index (χ0) is 21.8. The molecule has 3 rings (SSSR count). The Hall–Kier alpha value is -3.03. The lowest BCUT2D eigenvalue weighted by atomic mass is 9.95. The number of para-hydroxylation sites is 1. The third-order valence-electron chi connectivity index (χ3n) is 4.94. The van der Waals surface area contributed by atoms with Crippen LogP contribution in [0.2, 0.25) is 5.02 Å². The molecule has 0 saturated carbocycles. The van der Waals surface area contributed by atoms with Gasteiger partial charge in [0.2, 0.25) is 0 Å². The van der Waals surface area contributed by atoms with Gasteiger partial charge in [-0.05, 0) is 36.2 Å². The van der Waals surface area contributed by atoms with Gasteiger partial charge >= 0.3 is 0 Å². The standard InChI is InChI=1S/C22H22ClNO6/c1-29-11-5-10-24-19(13-8-9-16(25)15(23)12-13)18(21(27)22(24)28)20(26)14-6-3-4-7-17(14)30-2/h3-4,6-9,12,19,25-26H,5,10-11H2,1-2H3/b20-18-. The van der Waals surface area contributed by atoms with Crippen molar-refractivity contribution in [1.29, 1.82) is 0 Å². The number of aromatic hydroxyl groups is 1. The van der Waals surface area contributed by atoms with E-state index < -0.39 is 17.7 Å². The number of halogens is 1. The number of likely N-dealkylation sites (tertiary alicyclic amines) is 1. The van der Waals surface area contributed by atoms with Gasteiger partial charge in [0.15, 0.2) is 0 Å². The van der Waals surface area contributed by atoms with Gasteiger partial charge in [-0.3, -0.25) is 9.59 Å². The molecule has 158 valence electrons. The number of ketones is 1. The fourth-order valence-corrected chi connectivity index (χ4v) is 3.70. The molecule has 0 aliphatic carbocycles. The average molecular weight is 432 g/mol. The van der Waals surface area contributed by atoms with Gasteiger partial charge in [-0.1, -0.05) is 29.8 Å². The first-order valence-electron chi connectivity index (χ1n) is 9.29. The molecular formula is C22H22ClNO6. The topological polar surface area (TPSA) is 96.3 Å². The number of aliphatic hydroxyl groups is 1. The van der Waals surface area contributed by atoms with E-state index in [0.717, 1.165) is 0 Å². The number of hydrogen-bond acceptors (Lipinski definition) is 6. The third-order valence-corrected chi connectivity index (χ3v) is 5.24. The molecule has 30 heavy (non-hydrogen) atoms. The van der Waals surface area contributed by atoms with Crippen molar-refractivity contribution in [3.05, 3.63) is 64.2 Å². The zero-order valence-electron chi connectivity index (χ0n) is 16.6. The van der Waals surface area contributed by atoms with Gasteiger partial charge in [-0.15, -0.1) is 0 Å². The number of benzene rings is 2. The summed E-state index contributed by atoms with van der Waals surface area (Å²) in [6, 6.07) is 10.2. The molecule has 0 radical (unpaired) electrons. The summed E-state index contributed by atoms with van der Waals surface area (Å²) in [5, 5.41) is 20.9. The second kappa shape index (κ2) is 9.19. The van der Waals surface area contributed by atoms with Gasteiger partial charge in [0.25, 0.3) is 11.7 Å². The van der Waals surface area contributed by atoms with Crippen molar-refractivity contribution in [2.24, 2.45) is 0 Å². The predicted octanol–water partition coefficient (Wildman–Crippen LogP) is 3.51. The number of carbonyl (C=O) groups is 2.